The van der Waals surface area contributed by atoms with Crippen LogP contribution in [0.2, 0.25) is 0 Å². The Morgan fingerprint density at radius 3 is 2.85 bits per heavy atom. The quantitative estimate of drug-likeness (QED) is 0.660. The lowest BCUT2D eigenvalue weighted by atomic mass is 10.1. The molecule has 6 nitrogen and oxygen atoms in total. The zero-order valence-electron chi connectivity index (χ0n) is 12.8. The Bertz CT molecular complexity index is 390. The van der Waals surface area contributed by atoms with E-state index < -0.39 is 0 Å². The van der Waals surface area contributed by atoms with Crippen molar-refractivity contribution in [3.05, 3.63) is 5.89 Å². The highest BCUT2D eigenvalue weighted by atomic mass is 16.5. The molecule has 0 aromatic carbocycles. The van der Waals surface area contributed by atoms with Crippen LogP contribution in [0.3, 0.4) is 0 Å². The first-order chi connectivity index (χ1) is 9.70. The second-order valence-electron chi connectivity index (χ2n) is 5.76. The van der Waals surface area contributed by atoms with Crippen LogP contribution in [0.25, 0.3) is 0 Å². The minimum absolute atomic E-state index is 0.596. The molecule has 6 heteroatoms. The van der Waals surface area contributed by atoms with Crippen molar-refractivity contribution in [1.29, 1.82) is 0 Å². The molecule has 1 aliphatic carbocycles. The Balaban J connectivity index is 1.84. The van der Waals surface area contributed by atoms with Crippen LogP contribution >= 0.6 is 0 Å². The van der Waals surface area contributed by atoms with Gasteiger partial charge in [-0.3, -0.25) is 0 Å². The molecule has 0 unspecified atom stereocenters. The van der Waals surface area contributed by atoms with Crippen molar-refractivity contribution in [3.63, 3.8) is 0 Å². The monoisotopic (exact) mass is 282 g/mol. The van der Waals surface area contributed by atoms with Gasteiger partial charge in [0.1, 0.15) is 0 Å². The highest BCUT2D eigenvalue weighted by Crippen LogP contribution is 2.31. The second-order valence-corrected chi connectivity index (χ2v) is 5.76. The second kappa shape index (κ2) is 7.59. The van der Waals surface area contributed by atoms with Crippen LogP contribution in [0, 0.1) is 5.92 Å². The van der Waals surface area contributed by atoms with Gasteiger partial charge in [0.25, 0.3) is 0 Å². The molecule has 0 aliphatic heterocycles. The average molecular weight is 282 g/mol. The van der Waals surface area contributed by atoms with Gasteiger partial charge in [-0.15, -0.1) is 5.10 Å². The summed E-state index contributed by atoms with van der Waals surface area (Å²) in [5.74, 6) is 1.33. The van der Waals surface area contributed by atoms with E-state index in [-0.39, 0.29) is 0 Å². The highest BCUT2D eigenvalue weighted by Gasteiger charge is 2.32. The molecular formula is C14H26N4O2. The number of nitrogens with zero attached hydrogens (tertiary/aromatic N) is 3. The van der Waals surface area contributed by atoms with E-state index >= 15 is 0 Å². The van der Waals surface area contributed by atoms with Crippen molar-refractivity contribution < 1.29 is 9.15 Å². The fourth-order valence-electron chi connectivity index (χ4n) is 2.02. The largest absolute Gasteiger partial charge is 0.407 e. The molecule has 1 aromatic rings. The zero-order chi connectivity index (χ0) is 14.4. The molecule has 0 amide bonds. The van der Waals surface area contributed by atoms with Gasteiger partial charge in [0.05, 0.1) is 13.2 Å². The first-order valence-electron chi connectivity index (χ1n) is 7.49. The Morgan fingerprint density at radius 2 is 2.20 bits per heavy atom. The van der Waals surface area contributed by atoms with Crippen LogP contribution in [0.15, 0.2) is 4.42 Å². The third-order valence-corrected chi connectivity index (χ3v) is 3.40. The van der Waals surface area contributed by atoms with E-state index in [4.69, 9.17) is 9.15 Å². The summed E-state index contributed by atoms with van der Waals surface area (Å²) in [5.41, 5.74) is 0. The molecule has 1 aromatic heterocycles. The molecule has 1 heterocycles. The number of rotatable bonds is 10. The summed E-state index contributed by atoms with van der Waals surface area (Å²) in [7, 11) is 1.69. The van der Waals surface area contributed by atoms with Gasteiger partial charge in [0.2, 0.25) is 5.89 Å². The summed E-state index contributed by atoms with van der Waals surface area (Å²) in [4.78, 5) is 2.27. The minimum atomic E-state index is 0.596. The molecular weight excluding hydrogens is 256 g/mol. The summed E-state index contributed by atoms with van der Waals surface area (Å²) in [6.07, 6.45) is 3.63. The molecule has 20 heavy (non-hydrogen) atoms. The number of anilines is 1. The van der Waals surface area contributed by atoms with Crippen LogP contribution in [0.5, 0.6) is 0 Å². The molecule has 1 N–H and O–H groups in total. The lowest BCUT2D eigenvalue weighted by Crippen LogP contribution is -2.28. The van der Waals surface area contributed by atoms with Crippen LogP contribution in [-0.4, -0.2) is 43.0 Å². The Kier molecular flexibility index (Phi) is 5.79. The summed E-state index contributed by atoms with van der Waals surface area (Å²) in [6, 6.07) is 1.28. The van der Waals surface area contributed by atoms with Crippen molar-refractivity contribution in [3.8, 4) is 0 Å². The van der Waals surface area contributed by atoms with Crippen molar-refractivity contribution in [1.82, 2.24) is 15.5 Å². The van der Waals surface area contributed by atoms with E-state index in [0.29, 0.717) is 37.0 Å². The van der Waals surface area contributed by atoms with Gasteiger partial charge in [-0.25, -0.2) is 0 Å². The maximum absolute atomic E-state index is 5.76. The number of methoxy groups -OCH3 is 1. The summed E-state index contributed by atoms with van der Waals surface area (Å²) in [6.45, 7) is 7.55. The SMILES string of the molecule is COCCNCc1nnc(N(CCC(C)C)C2CC2)o1. The highest BCUT2D eigenvalue weighted by molar-refractivity contribution is 5.29. The topological polar surface area (TPSA) is 63.4 Å². The molecule has 114 valence electrons. The first kappa shape index (κ1) is 15.3. The Labute approximate surface area is 120 Å². The van der Waals surface area contributed by atoms with Crippen LogP contribution < -0.4 is 10.2 Å². The molecule has 0 saturated heterocycles. The van der Waals surface area contributed by atoms with Gasteiger partial charge in [-0.1, -0.05) is 18.9 Å². The van der Waals surface area contributed by atoms with E-state index in [0.717, 1.165) is 19.5 Å². The van der Waals surface area contributed by atoms with Gasteiger partial charge in [-0.05, 0) is 25.2 Å². The maximum atomic E-state index is 5.76. The van der Waals surface area contributed by atoms with E-state index in [1.165, 1.54) is 12.8 Å². The predicted octanol–water partition coefficient (Wildman–Crippen LogP) is 1.82. The summed E-state index contributed by atoms with van der Waals surface area (Å²) < 4.78 is 10.7. The molecule has 2 rings (SSSR count). The van der Waals surface area contributed by atoms with Crippen molar-refractivity contribution >= 4 is 6.01 Å². The smallest absolute Gasteiger partial charge is 0.318 e. The van der Waals surface area contributed by atoms with Gasteiger partial charge in [0, 0.05) is 26.2 Å². The fraction of sp³-hybridized carbons (Fsp3) is 0.857. The van der Waals surface area contributed by atoms with Crippen molar-refractivity contribution in [2.45, 2.75) is 45.7 Å². The van der Waals surface area contributed by atoms with Crippen LogP contribution in [0.4, 0.5) is 6.01 Å². The minimum Gasteiger partial charge on any atom is -0.407 e. The van der Waals surface area contributed by atoms with Crippen molar-refractivity contribution in [2.75, 3.05) is 31.7 Å². The zero-order valence-corrected chi connectivity index (χ0v) is 12.8. The fourth-order valence-corrected chi connectivity index (χ4v) is 2.02. The standard InChI is InChI=1S/C14H26N4O2/c1-11(2)6-8-18(12-4-5-12)14-17-16-13(20-14)10-15-7-9-19-3/h11-12,15H,4-10H2,1-3H3. The van der Waals surface area contributed by atoms with E-state index in [1.807, 2.05) is 0 Å². The normalized spacial score (nSPS) is 15.0. The van der Waals surface area contributed by atoms with E-state index in [9.17, 15) is 0 Å². The van der Waals surface area contributed by atoms with Crippen molar-refractivity contribution in [2.24, 2.45) is 5.92 Å². The summed E-state index contributed by atoms with van der Waals surface area (Å²) >= 11 is 0. The number of ether oxygens (including phenoxy) is 1. The first-order valence-corrected chi connectivity index (χ1v) is 7.49. The van der Waals surface area contributed by atoms with Gasteiger partial charge >= 0.3 is 6.01 Å². The average Bonchev–Trinajstić information content (AvgIpc) is 3.14. The van der Waals surface area contributed by atoms with Gasteiger partial charge in [0.15, 0.2) is 0 Å². The molecule has 0 radical (unpaired) electrons. The lowest BCUT2D eigenvalue weighted by Gasteiger charge is -2.20. The third kappa shape index (κ3) is 4.76. The molecule has 0 bridgehead atoms. The summed E-state index contributed by atoms with van der Waals surface area (Å²) in [5, 5.41) is 11.5. The maximum Gasteiger partial charge on any atom is 0.318 e. The molecule has 1 aliphatic rings. The number of hydrogen-bond acceptors (Lipinski definition) is 6. The number of hydrogen-bond donors (Lipinski definition) is 1. The lowest BCUT2D eigenvalue weighted by molar-refractivity contribution is 0.198. The molecule has 0 spiro atoms. The molecule has 1 fully saturated rings. The van der Waals surface area contributed by atoms with E-state index in [2.05, 4.69) is 34.3 Å². The van der Waals surface area contributed by atoms with Gasteiger partial charge < -0.3 is 19.4 Å². The number of aromatic nitrogens is 2. The molecule has 1 saturated carbocycles. The Hall–Kier alpha value is -1.14. The molecule has 0 atom stereocenters. The Morgan fingerprint density at radius 1 is 1.40 bits per heavy atom. The van der Waals surface area contributed by atoms with Crippen LogP contribution in [0.1, 0.15) is 39.0 Å². The number of nitrogens with one attached hydrogen (secondary N) is 1. The van der Waals surface area contributed by atoms with Gasteiger partial charge in [-0.2, -0.15) is 0 Å². The van der Waals surface area contributed by atoms with Crippen LogP contribution in [-0.2, 0) is 11.3 Å². The van der Waals surface area contributed by atoms with E-state index in [1.54, 1.807) is 7.11 Å². The predicted molar refractivity (Wildman–Crippen MR) is 77.7 cm³/mol. The third-order valence-electron chi connectivity index (χ3n) is 3.40.